The normalized spacial score (nSPS) is 16.1. The molecule has 2 atom stereocenters. The van der Waals surface area contributed by atoms with Crippen molar-refractivity contribution in [2.75, 3.05) is 14.1 Å². The first-order chi connectivity index (χ1) is 20.6. The molecule has 2 nitrogen and oxygen atoms in total. The first-order valence-electron chi connectivity index (χ1n) is 14.3. The molecule has 0 bridgehead atoms. The molecule has 4 heteroatoms. The van der Waals surface area contributed by atoms with Crippen LogP contribution in [0.5, 0.6) is 0 Å². The molecule has 0 heterocycles. The van der Waals surface area contributed by atoms with Crippen LogP contribution in [0.4, 0.5) is 0 Å². The highest BCUT2D eigenvalue weighted by molar-refractivity contribution is 7.80. The lowest BCUT2D eigenvalue weighted by molar-refractivity contribution is 0.202. The molecule has 0 unspecified atom stereocenters. The van der Waals surface area contributed by atoms with Crippen molar-refractivity contribution in [2.24, 2.45) is 5.73 Å². The van der Waals surface area contributed by atoms with E-state index in [9.17, 15) is 0 Å². The van der Waals surface area contributed by atoms with Crippen molar-refractivity contribution < 1.29 is 0 Å². The summed E-state index contributed by atoms with van der Waals surface area (Å²) >= 11 is 0. The molecule has 0 saturated carbocycles. The molecule has 5 aromatic rings. The van der Waals surface area contributed by atoms with E-state index in [1.165, 1.54) is 32.1 Å². The number of likely N-dealkylation sites (N-methyl/N-ethyl adjacent to an activating group) is 1. The van der Waals surface area contributed by atoms with E-state index in [1.54, 1.807) is 0 Å². The van der Waals surface area contributed by atoms with Gasteiger partial charge in [0.25, 0.3) is 0 Å². The Kier molecular flexibility index (Phi) is 8.61. The maximum Gasteiger partial charge on any atom is 0.119 e. The zero-order valence-corrected chi connectivity index (χ0v) is 25.9. The molecule has 0 aliphatic heterocycles. The second-order valence-electron chi connectivity index (χ2n) is 10.7. The van der Waals surface area contributed by atoms with Gasteiger partial charge in [0.1, 0.15) is 5.66 Å². The number of hydrogen-bond donors (Lipinski definition) is 1. The van der Waals surface area contributed by atoms with Crippen molar-refractivity contribution in [2.45, 2.75) is 11.3 Å². The van der Waals surface area contributed by atoms with E-state index < -0.39 is 21.5 Å². The Balaban J connectivity index is 1.53. The van der Waals surface area contributed by atoms with E-state index >= 15 is 0 Å². The molecule has 0 spiro atoms. The quantitative estimate of drug-likeness (QED) is 0.168. The third-order valence-electron chi connectivity index (χ3n) is 7.96. The van der Waals surface area contributed by atoms with E-state index in [0.29, 0.717) is 0 Å². The van der Waals surface area contributed by atoms with Crippen LogP contribution in [0, 0.1) is 0 Å². The topological polar surface area (TPSA) is 29.3 Å². The van der Waals surface area contributed by atoms with Crippen molar-refractivity contribution in [1.29, 1.82) is 0 Å². The van der Waals surface area contributed by atoms with Gasteiger partial charge in [-0.2, -0.15) is 0 Å². The lowest BCUT2D eigenvalue weighted by atomic mass is 9.89. The van der Waals surface area contributed by atoms with Gasteiger partial charge in [-0.15, -0.1) is 0 Å². The number of hydrogen-bond acceptors (Lipinski definition) is 2. The lowest BCUT2D eigenvalue weighted by Crippen LogP contribution is -2.55. The van der Waals surface area contributed by atoms with E-state index in [0.717, 1.165) is 5.56 Å². The van der Waals surface area contributed by atoms with Crippen LogP contribution in [0.1, 0.15) is 5.56 Å². The van der Waals surface area contributed by atoms with Gasteiger partial charge in [0.05, 0.1) is 0 Å². The summed E-state index contributed by atoms with van der Waals surface area (Å²) in [6.45, 7) is 0. The minimum absolute atomic E-state index is 0.157. The molecule has 6 rings (SSSR count). The molecule has 0 radical (unpaired) electrons. The van der Waals surface area contributed by atoms with Crippen LogP contribution in [0.3, 0.4) is 0 Å². The molecule has 42 heavy (non-hydrogen) atoms. The Labute approximate surface area is 252 Å². The third-order valence-corrected chi connectivity index (χ3v) is 13.2. The van der Waals surface area contributed by atoms with Crippen LogP contribution in [-0.2, 0) is 5.66 Å². The van der Waals surface area contributed by atoms with E-state index in [4.69, 9.17) is 5.73 Å². The van der Waals surface area contributed by atoms with Gasteiger partial charge in [0, 0.05) is 5.66 Å². The molecule has 1 aliphatic rings. The van der Waals surface area contributed by atoms with E-state index in [2.05, 4.69) is 183 Å². The second kappa shape index (κ2) is 12.7. The summed E-state index contributed by atoms with van der Waals surface area (Å²) in [5.74, 6) is 0. The van der Waals surface area contributed by atoms with Crippen molar-refractivity contribution in [1.82, 2.24) is 4.90 Å². The highest BCUT2D eigenvalue weighted by Crippen LogP contribution is 2.51. The predicted molar refractivity (Wildman–Crippen MR) is 185 cm³/mol. The van der Waals surface area contributed by atoms with Crippen LogP contribution in [0.15, 0.2) is 169 Å². The molecular weight excluding hydrogens is 546 g/mol. The van der Waals surface area contributed by atoms with Crippen LogP contribution < -0.4 is 32.3 Å². The van der Waals surface area contributed by atoms with Gasteiger partial charge >= 0.3 is 0 Å². The minimum Gasteiger partial charge on any atom is -0.306 e. The summed E-state index contributed by atoms with van der Waals surface area (Å²) in [6, 6.07) is 52.5. The molecule has 0 saturated heterocycles. The average Bonchev–Trinajstić information content (AvgIpc) is 3.53. The minimum atomic E-state index is -0.836. The molecule has 1 aliphatic carbocycles. The summed E-state index contributed by atoms with van der Waals surface area (Å²) < 4.78 is 0. The maximum absolute atomic E-state index is 7.78. The summed E-state index contributed by atoms with van der Waals surface area (Å²) in [7, 11) is 2.66. The summed E-state index contributed by atoms with van der Waals surface area (Å²) in [5.41, 5.74) is 9.51. The molecule has 208 valence electrons. The van der Waals surface area contributed by atoms with Crippen molar-refractivity contribution in [3.63, 3.8) is 0 Å². The predicted octanol–water partition coefficient (Wildman–Crippen LogP) is 6.12. The number of allylic oxidation sites excluding steroid dienone is 3. The zero-order valence-electron chi connectivity index (χ0n) is 24.1. The fourth-order valence-electron chi connectivity index (χ4n) is 5.92. The van der Waals surface area contributed by atoms with Crippen LogP contribution >= 0.6 is 15.8 Å². The maximum atomic E-state index is 7.78. The molecule has 5 aromatic carbocycles. The fraction of sp³-hybridized carbons (Fsp3) is 0.105. The highest BCUT2D eigenvalue weighted by atomic mass is 31.1. The monoisotopic (exact) mass is 582 g/mol. The number of nitrogens with zero attached hydrogens (tertiary/aromatic N) is 1. The van der Waals surface area contributed by atoms with Crippen LogP contribution in [0.25, 0.3) is 0 Å². The summed E-state index contributed by atoms with van der Waals surface area (Å²) in [4.78, 5) is 2.21. The van der Waals surface area contributed by atoms with Gasteiger partial charge in [-0.3, -0.25) is 4.90 Å². The highest BCUT2D eigenvalue weighted by Gasteiger charge is 2.43. The molecule has 0 amide bonds. The van der Waals surface area contributed by atoms with Gasteiger partial charge in [-0.25, -0.2) is 0 Å². The van der Waals surface area contributed by atoms with Gasteiger partial charge in [0.2, 0.25) is 0 Å². The summed E-state index contributed by atoms with van der Waals surface area (Å²) in [5, 5.41) is 6.63. The number of benzene rings is 5. The molecule has 0 aromatic heterocycles. The van der Waals surface area contributed by atoms with Gasteiger partial charge in [0.15, 0.2) is 0 Å². The molecule has 0 fully saturated rings. The number of rotatable bonds is 9. The number of nitrogens with two attached hydrogens (primary N) is 1. The Morgan fingerprint density at radius 3 is 1.48 bits per heavy atom. The van der Waals surface area contributed by atoms with Crippen LogP contribution in [-0.4, -0.2) is 24.7 Å². The Morgan fingerprint density at radius 1 is 0.571 bits per heavy atom. The Morgan fingerprint density at radius 2 is 1.00 bits per heavy atom. The zero-order chi connectivity index (χ0) is 28.9. The summed E-state index contributed by atoms with van der Waals surface area (Å²) in [6.07, 6.45) is 6.86. The van der Waals surface area contributed by atoms with E-state index in [1.807, 2.05) is 0 Å². The van der Waals surface area contributed by atoms with Crippen molar-refractivity contribution in [3.05, 3.63) is 175 Å². The standard InChI is InChI=1S/C38H36N2P2/c1-40(2)38(39,35-27-17-29-37(35)42(32-22-11-5-12-23-32)33-24-13-6-14-25-33)34-26-15-16-28-36(34)41(30-18-7-3-8-19-30)31-20-9-4-10-21-31/h3-29,37H,39H2,1-2H3/t37-,38+/m1/s1. The Hall–Kier alpha value is -3.64. The third kappa shape index (κ3) is 5.45. The average molecular weight is 583 g/mol. The van der Waals surface area contributed by atoms with Crippen LogP contribution in [0.2, 0.25) is 0 Å². The second-order valence-corrected chi connectivity index (χ2v) is 15.2. The SMILES string of the molecule is CN(C)[C@](N)(C1=CC=C[C@H]1P(c1ccccc1)c1ccccc1)c1ccccc1P(c1ccccc1)c1ccccc1. The first kappa shape index (κ1) is 28.5. The van der Waals surface area contributed by atoms with Gasteiger partial charge < -0.3 is 5.73 Å². The van der Waals surface area contributed by atoms with Crippen molar-refractivity contribution in [3.8, 4) is 0 Å². The van der Waals surface area contributed by atoms with Gasteiger partial charge in [-0.1, -0.05) is 164 Å². The molecular formula is C38H36N2P2. The largest absolute Gasteiger partial charge is 0.306 e. The van der Waals surface area contributed by atoms with Gasteiger partial charge in [-0.05, 0) is 67.6 Å². The molecule has 2 N–H and O–H groups in total. The Bertz CT molecular complexity index is 1590. The first-order valence-corrected chi connectivity index (χ1v) is 17.1. The lowest BCUT2D eigenvalue weighted by Gasteiger charge is -2.44. The smallest absolute Gasteiger partial charge is 0.119 e. The fourth-order valence-corrected chi connectivity index (χ4v) is 11.2. The van der Waals surface area contributed by atoms with E-state index in [-0.39, 0.29) is 5.66 Å². The van der Waals surface area contributed by atoms with Crippen molar-refractivity contribution >= 4 is 42.4 Å².